The summed E-state index contributed by atoms with van der Waals surface area (Å²) in [7, 11) is 1.36. The van der Waals surface area contributed by atoms with Crippen LogP contribution in [0.4, 0.5) is 0 Å². The highest BCUT2D eigenvalue weighted by molar-refractivity contribution is 5.88. The molecule has 1 aromatic carbocycles. The second-order valence-corrected chi connectivity index (χ2v) is 5.50. The highest BCUT2D eigenvalue weighted by Crippen LogP contribution is 2.23. The molecule has 0 aliphatic carbocycles. The Morgan fingerprint density at radius 1 is 1.35 bits per heavy atom. The van der Waals surface area contributed by atoms with Gasteiger partial charge in [-0.05, 0) is 23.5 Å². The number of esters is 1. The van der Waals surface area contributed by atoms with Gasteiger partial charge in [0.2, 0.25) is 5.91 Å². The summed E-state index contributed by atoms with van der Waals surface area (Å²) in [5.74, 6) is 0.184. The van der Waals surface area contributed by atoms with E-state index in [-0.39, 0.29) is 11.9 Å². The molecule has 1 saturated heterocycles. The van der Waals surface area contributed by atoms with Crippen LogP contribution in [0.2, 0.25) is 0 Å². The van der Waals surface area contributed by atoms with Crippen molar-refractivity contribution < 1.29 is 14.3 Å². The van der Waals surface area contributed by atoms with Crippen LogP contribution < -0.4 is 0 Å². The maximum atomic E-state index is 11.9. The number of nitrogens with zero attached hydrogens (tertiary/aromatic N) is 1. The van der Waals surface area contributed by atoms with E-state index < -0.39 is 6.04 Å². The fourth-order valence-electron chi connectivity index (χ4n) is 2.52. The number of ether oxygens (including phenoxy) is 1. The number of amides is 1. The predicted octanol–water partition coefficient (Wildman–Crippen LogP) is 2.47. The van der Waals surface area contributed by atoms with Gasteiger partial charge in [0.25, 0.3) is 0 Å². The highest BCUT2D eigenvalue weighted by Gasteiger charge is 2.36. The van der Waals surface area contributed by atoms with E-state index in [9.17, 15) is 9.59 Å². The van der Waals surface area contributed by atoms with Crippen molar-refractivity contribution in [3.63, 3.8) is 0 Å². The summed E-state index contributed by atoms with van der Waals surface area (Å²) in [4.78, 5) is 25.2. The van der Waals surface area contributed by atoms with Crippen LogP contribution in [-0.4, -0.2) is 29.9 Å². The lowest BCUT2D eigenvalue weighted by Crippen LogP contribution is -2.38. The summed E-state index contributed by atoms with van der Waals surface area (Å²) in [6.45, 7) is 4.76. The molecule has 4 heteroatoms. The highest BCUT2D eigenvalue weighted by atomic mass is 16.5. The maximum absolute atomic E-state index is 11.9. The van der Waals surface area contributed by atoms with E-state index in [0.717, 1.165) is 5.56 Å². The largest absolute Gasteiger partial charge is 0.467 e. The molecule has 1 heterocycles. The molecule has 1 aromatic rings. The minimum Gasteiger partial charge on any atom is -0.467 e. The van der Waals surface area contributed by atoms with Crippen LogP contribution in [0.15, 0.2) is 24.3 Å². The Bertz CT molecular complexity index is 493. The van der Waals surface area contributed by atoms with E-state index >= 15 is 0 Å². The van der Waals surface area contributed by atoms with E-state index in [0.29, 0.717) is 25.3 Å². The molecule has 0 bridgehead atoms. The maximum Gasteiger partial charge on any atom is 0.328 e. The molecule has 0 aromatic heterocycles. The molecule has 0 saturated carbocycles. The third-order valence-corrected chi connectivity index (χ3v) is 3.80. The van der Waals surface area contributed by atoms with Gasteiger partial charge < -0.3 is 9.64 Å². The summed E-state index contributed by atoms with van der Waals surface area (Å²) in [5, 5.41) is 0. The summed E-state index contributed by atoms with van der Waals surface area (Å²) in [6.07, 6.45) is 0.972. The molecule has 108 valence electrons. The quantitative estimate of drug-likeness (QED) is 0.793. The zero-order chi connectivity index (χ0) is 14.7. The Hall–Kier alpha value is -1.84. The van der Waals surface area contributed by atoms with Crippen molar-refractivity contribution in [2.45, 2.75) is 45.2 Å². The lowest BCUT2D eigenvalue weighted by molar-refractivity contribution is -0.149. The molecule has 2 rings (SSSR count). The van der Waals surface area contributed by atoms with Crippen LogP contribution in [0.3, 0.4) is 0 Å². The molecule has 1 fully saturated rings. The molecular weight excluding hydrogens is 254 g/mol. The monoisotopic (exact) mass is 275 g/mol. The van der Waals surface area contributed by atoms with Crippen molar-refractivity contribution in [1.82, 2.24) is 4.90 Å². The third kappa shape index (κ3) is 3.00. The molecule has 0 spiro atoms. The summed E-state index contributed by atoms with van der Waals surface area (Å²) in [5.41, 5.74) is 2.31. The first-order valence-corrected chi connectivity index (χ1v) is 6.99. The topological polar surface area (TPSA) is 46.6 Å². The summed E-state index contributed by atoms with van der Waals surface area (Å²) in [6, 6.07) is 7.77. The van der Waals surface area contributed by atoms with Gasteiger partial charge in [0.05, 0.1) is 7.11 Å². The smallest absolute Gasteiger partial charge is 0.328 e. The predicted molar refractivity (Wildman–Crippen MR) is 76.1 cm³/mol. The lowest BCUT2D eigenvalue weighted by atomic mass is 10.0. The van der Waals surface area contributed by atoms with Gasteiger partial charge in [-0.3, -0.25) is 4.79 Å². The first-order valence-electron chi connectivity index (χ1n) is 6.99. The Balaban J connectivity index is 2.10. The molecular formula is C16H21NO3. The fraction of sp³-hybridized carbons (Fsp3) is 0.500. The van der Waals surface area contributed by atoms with Crippen molar-refractivity contribution in [2.24, 2.45) is 0 Å². The number of methoxy groups -OCH3 is 1. The van der Waals surface area contributed by atoms with E-state index in [1.165, 1.54) is 12.7 Å². The number of hydrogen-bond acceptors (Lipinski definition) is 3. The summed E-state index contributed by atoms with van der Waals surface area (Å²) >= 11 is 0. The van der Waals surface area contributed by atoms with Crippen molar-refractivity contribution in [1.29, 1.82) is 0 Å². The van der Waals surface area contributed by atoms with Gasteiger partial charge in [0, 0.05) is 13.0 Å². The van der Waals surface area contributed by atoms with Crippen LogP contribution in [0, 0.1) is 0 Å². The van der Waals surface area contributed by atoms with Crippen molar-refractivity contribution in [2.75, 3.05) is 7.11 Å². The summed E-state index contributed by atoms with van der Waals surface area (Å²) < 4.78 is 4.77. The van der Waals surface area contributed by atoms with E-state index in [1.54, 1.807) is 4.90 Å². The van der Waals surface area contributed by atoms with Crippen LogP contribution in [0.25, 0.3) is 0 Å². The molecule has 0 radical (unpaired) electrons. The van der Waals surface area contributed by atoms with Crippen LogP contribution in [0.5, 0.6) is 0 Å². The number of hydrogen-bond donors (Lipinski definition) is 0. The normalized spacial score (nSPS) is 18.7. The average molecular weight is 275 g/mol. The Morgan fingerprint density at radius 3 is 2.55 bits per heavy atom. The van der Waals surface area contributed by atoms with Gasteiger partial charge in [0.15, 0.2) is 0 Å². The molecule has 1 unspecified atom stereocenters. The molecule has 1 amide bonds. The lowest BCUT2D eigenvalue weighted by Gasteiger charge is -2.23. The second kappa shape index (κ2) is 6.07. The number of rotatable bonds is 4. The second-order valence-electron chi connectivity index (χ2n) is 5.50. The molecule has 1 aliphatic heterocycles. The van der Waals surface area contributed by atoms with Gasteiger partial charge in [-0.15, -0.1) is 0 Å². The van der Waals surface area contributed by atoms with Crippen LogP contribution in [-0.2, 0) is 20.9 Å². The van der Waals surface area contributed by atoms with E-state index in [1.807, 2.05) is 12.1 Å². The van der Waals surface area contributed by atoms with Crippen LogP contribution in [0.1, 0.15) is 43.7 Å². The Morgan fingerprint density at radius 2 is 2.00 bits per heavy atom. The average Bonchev–Trinajstić information content (AvgIpc) is 2.80. The molecule has 4 nitrogen and oxygen atoms in total. The SMILES string of the molecule is COC(=O)C1CCC(=O)N1Cc1ccc(C(C)C)cc1. The first kappa shape index (κ1) is 14.6. The third-order valence-electron chi connectivity index (χ3n) is 3.80. The van der Waals surface area contributed by atoms with E-state index in [2.05, 4.69) is 26.0 Å². The molecule has 20 heavy (non-hydrogen) atoms. The molecule has 1 aliphatic rings. The Labute approximate surface area is 119 Å². The zero-order valence-corrected chi connectivity index (χ0v) is 12.3. The van der Waals surface area contributed by atoms with Crippen LogP contribution >= 0.6 is 0 Å². The van der Waals surface area contributed by atoms with Gasteiger partial charge in [-0.25, -0.2) is 4.79 Å². The minimum atomic E-state index is -0.433. The van der Waals surface area contributed by atoms with Gasteiger partial charge in [-0.2, -0.15) is 0 Å². The number of carbonyl (C=O) groups excluding carboxylic acids is 2. The standard InChI is InChI=1S/C16H21NO3/c1-11(2)13-6-4-12(5-7-13)10-17-14(16(19)20-3)8-9-15(17)18/h4-7,11,14H,8-10H2,1-3H3. The first-order chi connectivity index (χ1) is 9.52. The van der Waals surface area contributed by atoms with E-state index in [4.69, 9.17) is 4.74 Å². The van der Waals surface area contributed by atoms with Gasteiger partial charge >= 0.3 is 5.97 Å². The van der Waals surface area contributed by atoms with Gasteiger partial charge in [0.1, 0.15) is 6.04 Å². The van der Waals surface area contributed by atoms with Crippen molar-refractivity contribution >= 4 is 11.9 Å². The number of benzene rings is 1. The minimum absolute atomic E-state index is 0.0216. The van der Waals surface area contributed by atoms with Crippen molar-refractivity contribution in [3.05, 3.63) is 35.4 Å². The zero-order valence-electron chi connectivity index (χ0n) is 12.3. The fourth-order valence-corrected chi connectivity index (χ4v) is 2.52. The molecule has 1 atom stereocenters. The molecule has 0 N–H and O–H groups in total. The Kier molecular flexibility index (Phi) is 4.42. The number of likely N-dealkylation sites (tertiary alicyclic amines) is 1. The van der Waals surface area contributed by atoms with Crippen molar-refractivity contribution in [3.8, 4) is 0 Å². The number of carbonyl (C=O) groups is 2. The van der Waals surface area contributed by atoms with Gasteiger partial charge in [-0.1, -0.05) is 38.1 Å².